The number of aliphatic hydroxyl groups is 1. The Labute approximate surface area is 95.5 Å². The van der Waals surface area contributed by atoms with Gasteiger partial charge >= 0.3 is 0 Å². The summed E-state index contributed by atoms with van der Waals surface area (Å²) in [6, 6.07) is 6.41. The zero-order valence-corrected chi connectivity index (χ0v) is 9.66. The topological polar surface area (TPSA) is 49.3 Å². The zero-order chi connectivity index (χ0) is 11.7. The van der Waals surface area contributed by atoms with Gasteiger partial charge in [0.1, 0.15) is 6.61 Å². The standard InChI is InChI=1S/C13H17NO2/c1-8-3-4-10-6-9(2)13(11(10)5-8)14-12(16)7-15/h3-5,9,13,15H,6-7H2,1-2H3,(H,14,16). The van der Waals surface area contributed by atoms with Crippen molar-refractivity contribution in [1.82, 2.24) is 5.32 Å². The average Bonchev–Trinajstić information content (AvgIpc) is 2.55. The highest BCUT2D eigenvalue weighted by molar-refractivity contribution is 5.77. The van der Waals surface area contributed by atoms with E-state index >= 15 is 0 Å². The first-order valence-electron chi connectivity index (χ1n) is 5.61. The monoisotopic (exact) mass is 219 g/mol. The number of fused-ring (bicyclic) bond motifs is 1. The Hall–Kier alpha value is -1.35. The zero-order valence-electron chi connectivity index (χ0n) is 9.66. The predicted molar refractivity (Wildman–Crippen MR) is 62.0 cm³/mol. The lowest BCUT2D eigenvalue weighted by molar-refractivity contribution is -0.124. The number of carbonyl (C=O) groups is 1. The highest BCUT2D eigenvalue weighted by Gasteiger charge is 2.30. The highest BCUT2D eigenvalue weighted by Crippen LogP contribution is 2.36. The van der Waals surface area contributed by atoms with E-state index in [1.807, 2.05) is 6.92 Å². The fraction of sp³-hybridized carbons (Fsp3) is 0.462. The van der Waals surface area contributed by atoms with Crippen molar-refractivity contribution < 1.29 is 9.90 Å². The molecule has 3 nitrogen and oxygen atoms in total. The number of rotatable bonds is 2. The predicted octanol–water partition coefficient (Wildman–Crippen LogP) is 1.34. The molecule has 0 spiro atoms. The number of aliphatic hydroxyl groups excluding tert-OH is 1. The van der Waals surface area contributed by atoms with E-state index in [9.17, 15) is 4.79 Å². The maximum Gasteiger partial charge on any atom is 0.246 e. The van der Waals surface area contributed by atoms with E-state index in [1.54, 1.807) is 0 Å². The molecule has 0 aromatic heterocycles. The fourth-order valence-corrected chi connectivity index (χ4v) is 2.40. The first-order chi connectivity index (χ1) is 7.61. The Morgan fingerprint density at radius 2 is 2.31 bits per heavy atom. The quantitative estimate of drug-likeness (QED) is 0.788. The van der Waals surface area contributed by atoms with E-state index in [0.717, 1.165) is 6.42 Å². The van der Waals surface area contributed by atoms with E-state index in [0.29, 0.717) is 5.92 Å². The van der Waals surface area contributed by atoms with Crippen LogP contribution in [0.25, 0.3) is 0 Å². The molecule has 16 heavy (non-hydrogen) atoms. The summed E-state index contributed by atoms with van der Waals surface area (Å²) in [7, 11) is 0. The first kappa shape index (κ1) is 11.1. The number of amides is 1. The van der Waals surface area contributed by atoms with E-state index < -0.39 is 6.61 Å². The van der Waals surface area contributed by atoms with Crippen molar-refractivity contribution in [2.75, 3.05) is 6.61 Å². The van der Waals surface area contributed by atoms with Gasteiger partial charge < -0.3 is 10.4 Å². The molecule has 2 atom stereocenters. The van der Waals surface area contributed by atoms with Gasteiger partial charge in [0.25, 0.3) is 0 Å². The van der Waals surface area contributed by atoms with Crippen molar-refractivity contribution in [3.05, 3.63) is 34.9 Å². The van der Waals surface area contributed by atoms with Gasteiger partial charge in [-0.2, -0.15) is 0 Å². The van der Waals surface area contributed by atoms with Crippen LogP contribution in [0.5, 0.6) is 0 Å². The molecule has 0 bridgehead atoms. The van der Waals surface area contributed by atoms with Crippen LogP contribution < -0.4 is 5.32 Å². The van der Waals surface area contributed by atoms with Gasteiger partial charge in [0.15, 0.2) is 0 Å². The maximum atomic E-state index is 11.2. The third kappa shape index (κ3) is 1.95. The lowest BCUT2D eigenvalue weighted by Gasteiger charge is -2.18. The molecule has 1 amide bonds. The molecule has 0 heterocycles. The van der Waals surface area contributed by atoms with Gasteiger partial charge in [-0.1, -0.05) is 30.7 Å². The molecule has 86 valence electrons. The molecule has 1 aromatic carbocycles. The Kier molecular flexibility index (Phi) is 2.97. The third-order valence-corrected chi connectivity index (χ3v) is 3.21. The normalized spacial score (nSPS) is 22.9. The second kappa shape index (κ2) is 4.26. The summed E-state index contributed by atoms with van der Waals surface area (Å²) >= 11 is 0. The van der Waals surface area contributed by atoms with Gasteiger partial charge in [-0.25, -0.2) is 0 Å². The van der Waals surface area contributed by atoms with Crippen molar-refractivity contribution in [2.24, 2.45) is 5.92 Å². The molecular formula is C13H17NO2. The molecule has 1 aliphatic rings. The minimum Gasteiger partial charge on any atom is -0.387 e. The minimum absolute atomic E-state index is 0.0505. The maximum absolute atomic E-state index is 11.2. The van der Waals surface area contributed by atoms with Crippen LogP contribution in [0.3, 0.4) is 0 Å². The summed E-state index contributed by atoms with van der Waals surface area (Å²) < 4.78 is 0. The third-order valence-electron chi connectivity index (χ3n) is 3.21. The number of aryl methyl sites for hydroxylation is 1. The van der Waals surface area contributed by atoms with Crippen molar-refractivity contribution >= 4 is 5.91 Å². The van der Waals surface area contributed by atoms with Crippen LogP contribution in [0.4, 0.5) is 0 Å². The van der Waals surface area contributed by atoms with Gasteiger partial charge in [0.05, 0.1) is 6.04 Å². The smallest absolute Gasteiger partial charge is 0.246 e. The fourth-order valence-electron chi connectivity index (χ4n) is 2.40. The Balaban J connectivity index is 2.27. The van der Waals surface area contributed by atoms with Gasteiger partial charge in [0.2, 0.25) is 5.91 Å². The SMILES string of the molecule is Cc1ccc2c(c1)C(NC(=O)CO)C(C)C2. The number of nitrogens with one attached hydrogen (secondary N) is 1. The molecule has 0 fully saturated rings. The van der Waals surface area contributed by atoms with Gasteiger partial charge in [0, 0.05) is 0 Å². The van der Waals surface area contributed by atoms with Crippen LogP contribution in [-0.2, 0) is 11.2 Å². The lowest BCUT2D eigenvalue weighted by Crippen LogP contribution is -2.32. The van der Waals surface area contributed by atoms with Crippen LogP contribution in [0.1, 0.15) is 29.7 Å². The molecule has 0 saturated carbocycles. The summed E-state index contributed by atoms with van der Waals surface area (Å²) in [5.41, 5.74) is 3.71. The summed E-state index contributed by atoms with van der Waals surface area (Å²) in [6.45, 7) is 3.73. The number of benzene rings is 1. The molecular weight excluding hydrogens is 202 g/mol. The van der Waals surface area contributed by atoms with Crippen molar-refractivity contribution in [3.8, 4) is 0 Å². The molecule has 0 aliphatic heterocycles. The Bertz CT molecular complexity index is 414. The van der Waals surface area contributed by atoms with Crippen LogP contribution in [0.15, 0.2) is 18.2 Å². The molecule has 1 aliphatic carbocycles. The van der Waals surface area contributed by atoms with Crippen LogP contribution in [0, 0.1) is 12.8 Å². The molecule has 2 rings (SSSR count). The van der Waals surface area contributed by atoms with Gasteiger partial charge in [-0.15, -0.1) is 0 Å². The van der Waals surface area contributed by atoms with Crippen LogP contribution in [-0.4, -0.2) is 17.6 Å². The lowest BCUT2D eigenvalue weighted by atomic mass is 10.0. The molecule has 1 aromatic rings. The highest BCUT2D eigenvalue weighted by atomic mass is 16.3. The summed E-state index contributed by atoms with van der Waals surface area (Å²) in [5, 5.41) is 11.6. The first-order valence-corrected chi connectivity index (χ1v) is 5.61. The molecule has 2 unspecified atom stereocenters. The van der Waals surface area contributed by atoms with Crippen molar-refractivity contribution in [1.29, 1.82) is 0 Å². The molecule has 0 saturated heterocycles. The largest absolute Gasteiger partial charge is 0.387 e. The molecule has 0 radical (unpaired) electrons. The van der Waals surface area contributed by atoms with Crippen molar-refractivity contribution in [3.63, 3.8) is 0 Å². The Morgan fingerprint density at radius 1 is 1.56 bits per heavy atom. The van der Waals surface area contributed by atoms with Gasteiger partial charge in [-0.05, 0) is 30.4 Å². The van der Waals surface area contributed by atoms with Gasteiger partial charge in [-0.3, -0.25) is 4.79 Å². The Morgan fingerprint density at radius 3 is 3.00 bits per heavy atom. The van der Waals surface area contributed by atoms with E-state index in [1.165, 1.54) is 16.7 Å². The number of hydrogen-bond donors (Lipinski definition) is 2. The second-order valence-electron chi connectivity index (χ2n) is 4.59. The summed E-state index contributed by atoms with van der Waals surface area (Å²) in [5.74, 6) is 0.0958. The van der Waals surface area contributed by atoms with E-state index in [4.69, 9.17) is 5.11 Å². The minimum atomic E-state index is -0.440. The van der Waals surface area contributed by atoms with Crippen LogP contribution in [0.2, 0.25) is 0 Å². The molecule has 2 N–H and O–H groups in total. The van der Waals surface area contributed by atoms with Crippen molar-refractivity contribution in [2.45, 2.75) is 26.3 Å². The number of hydrogen-bond acceptors (Lipinski definition) is 2. The molecule has 3 heteroatoms. The summed E-state index contributed by atoms with van der Waals surface area (Å²) in [4.78, 5) is 11.2. The van der Waals surface area contributed by atoms with E-state index in [2.05, 4.69) is 30.4 Å². The summed E-state index contributed by atoms with van der Waals surface area (Å²) in [6.07, 6.45) is 0.992. The second-order valence-corrected chi connectivity index (χ2v) is 4.59. The van der Waals surface area contributed by atoms with Crippen LogP contribution >= 0.6 is 0 Å². The average molecular weight is 219 g/mol. The van der Waals surface area contributed by atoms with E-state index in [-0.39, 0.29) is 11.9 Å². The number of carbonyl (C=O) groups excluding carboxylic acids is 1.